The zero-order valence-corrected chi connectivity index (χ0v) is 15.7. The molecule has 0 unspecified atom stereocenters. The van der Waals surface area contributed by atoms with Crippen LogP contribution in [0.4, 0.5) is 0 Å². The maximum Gasteiger partial charge on any atom is 0.326 e. The molecule has 0 N–H and O–H groups in total. The van der Waals surface area contributed by atoms with Crippen LogP contribution < -0.4 is 9.54 Å². The highest BCUT2D eigenvalue weighted by atomic mass is 32.1. The van der Waals surface area contributed by atoms with Gasteiger partial charge in [0.2, 0.25) is 5.91 Å². The highest BCUT2D eigenvalue weighted by Crippen LogP contribution is 2.23. The van der Waals surface area contributed by atoms with E-state index in [-0.39, 0.29) is 18.4 Å². The molecule has 0 aliphatic carbocycles. The van der Waals surface area contributed by atoms with Crippen LogP contribution in [0.5, 0.6) is 5.75 Å². The lowest BCUT2D eigenvalue weighted by atomic mass is 10.2. The predicted molar refractivity (Wildman–Crippen MR) is 97.7 cm³/mol. The molecule has 0 fully saturated rings. The molecule has 0 saturated heterocycles. The van der Waals surface area contributed by atoms with Crippen molar-refractivity contribution < 1.29 is 19.1 Å². The molecule has 25 heavy (non-hydrogen) atoms. The van der Waals surface area contributed by atoms with E-state index in [1.807, 2.05) is 32.0 Å². The Hall–Kier alpha value is -2.15. The van der Waals surface area contributed by atoms with E-state index in [0.29, 0.717) is 24.4 Å². The highest BCUT2D eigenvalue weighted by molar-refractivity contribution is 7.16. The van der Waals surface area contributed by atoms with Crippen molar-refractivity contribution in [3.8, 4) is 5.75 Å². The van der Waals surface area contributed by atoms with Gasteiger partial charge in [0.05, 0.1) is 23.4 Å². The first-order chi connectivity index (χ1) is 12.1. The van der Waals surface area contributed by atoms with Gasteiger partial charge >= 0.3 is 5.97 Å². The number of rotatable bonds is 8. The van der Waals surface area contributed by atoms with E-state index in [4.69, 9.17) is 9.47 Å². The second-order valence-corrected chi connectivity index (χ2v) is 6.46. The van der Waals surface area contributed by atoms with E-state index < -0.39 is 0 Å². The Morgan fingerprint density at radius 1 is 1.20 bits per heavy atom. The van der Waals surface area contributed by atoms with Gasteiger partial charge in [-0.25, -0.2) is 0 Å². The average Bonchev–Trinajstić information content (AvgIpc) is 2.90. The molecule has 136 valence electrons. The minimum Gasteiger partial charge on any atom is -0.494 e. The van der Waals surface area contributed by atoms with Crippen molar-refractivity contribution >= 4 is 33.4 Å². The van der Waals surface area contributed by atoms with Crippen molar-refractivity contribution in [2.75, 3.05) is 13.2 Å². The summed E-state index contributed by atoms with van der Waals surface area (Å²) in [7, 11) is 0. The van der Waals surface area contributed by atoms with E-state index in [1.165, 1.54) is 11.3 Å². The summed E-state index contributed by atoms with van der Waals surface area (Å²) in [6.07, 6.45) is 2.15. The molecule has 0 atom stereocenters. The van der Waals surface area contributed by atoms with Gasteiger partial charge in [0.15, 0.2) is 4.80 Å². The third kappa shape index (κ3) is 5.16. The van der Waals surface area contributed by atoms with Crippen molar-refractivity contribution in [1.29, 1.82) is 0 Å². The molecular weight excluding hydrogens is 340 g/mol. The summed E-state index contributed by atoms with van der Waals surface area (Å²) in [5.74, 6) is 0.234. The summed E-state index contributed by atoms with van der Waals surface area (Å²) >= 11 is 1.37. The van der Waals surface area contributed by atoms with Crippen LogP contribution in [-0.2, 0) is 20.9 Å². The van der Waals surface area contributed by atoms with Gasteiger partial charge in [0.25, 0.3) is 0 Å². The molecule has 0 aliphatic rings. The number of carbonyl (C=O) groups excluding carboxylic acids is 2. The minimum absolute atomic E-state index is 0.0295. The number of esters is 1. The lowest BCUT2D eigenvalue weighted by molar-refractivity contribution is -0.143. The van der Waals surface area contributed by atoms with Crippen LogP contribution >= 0.6 is 11.3 Å². The minimum atomic E-state index is -0.349. The van der Waals surface area contributed by atoms with Crippen LogP contribution in [0.15, 0.2) is 23.2 Å². The molecule has 0 aliphatic heterocycles. The zero-order chi connectivity index (χ0) is 18.2. The van der Waals surface area contributed by atoms with Gasteiger partial charge in [0.1, 0.15) is 12.3 Å². The second-order valence-electron chi connectivity index (χ2n) is 5.45. The molecule has 1 aromatic carbocycles. The lowest BCUT2D eigenvalue weighted by Gasteiger charge is -2.06. The van der Waals surface area contributed by atoms with E-state index in [0.717, 1.165) is 28.8 Å². The van der Waals surface area contributed by atoms with Crippen molar-refractivity contribution in [2.24, 2.45) is 4.99 Å². The van der Waals surface area contributed by atoms with Crippen LogP contribution in [0, 0.1) is 0 Å². The van der Waals surface area contributed by atoms with E-state index >= 15 is 0 Å². The van der Waals surface area contributed by atoms with E-state index in [2.05, 4.69) is 4.99 Å². The second kappa shape index (κ2) is 9.36. The number of nitrogens with zero attached hydrogens (tertiary/aromatic N) is 2. The molecule has 6 nitrogen and oxygen atoms in total. The molecule has 0 bridgehead atoms. The molecular formula is C18H24N2O4S. The monoisotopic (exact) mass is 364 g/mol. The standard InChI is InChI=1S/C18H24N2O4S/c1-4-7-8-16(21)19-18-20(12-17(22)24-6-3)14-10-9-13(23-5-2)11-15(14)25-18/h9-11H,4-8,12H2,1-3H3. The molecule has 1 heterocycles. The summed E-state index contributed by atoms with van der Waals surface area (Å²) in [6.45, 7) is 6.64. The number of hydrogen-bond donors (Lipinski definition) is 0. The smallest absolute Gasteiger partial charge is 0.326 e. The summed E-state index contributed by atoms with van der Waals surface area (Å²) in [6, 6.07) is 5.63. The van der Waals surface area contributed by atoms with Crippen LogP contribution in [0.1, 0.15) is 40.0 Å². The third-order valence-corrected chi connectivity index (χ3v) is 4.56. The Kier molecular flexibility index (Phi) is 7.18. The summed E-state index contributed by atoms with van der Waals surface area (Å²) in [4.78, 5) is 28.7. The Labute approximate surface area is 151 Å². The molecule has 2 aromatic rings. The van der Waals surface area contributed by atoms with Crippen LogP contribution in [0.2, 0.25) is 0 Å². The Bertz CT molecular complexity index is 807. The number of ether oxygens (including phenoxy) is 2. The normalized spacial score (nSPS) is 11.7. The molecule has 0 spiro atoms. The van der Waals surface area contributed by atoms with Crippen molar-refractivity contribution in [2.45, 2.75) is 46.6 Å². The van der Waals surface area contributed by atoms with Gasteiger partial charge in [-0.15, -0.1) is 0 Å². The number of benzene rings is 1. The number of amides is 1. The quantitative estimate of drug-likeness (QED) is 0.674. The maximum atomic E-state index is 12.1. The van der Waals surface area contributed by atoms with E-state index in [9.17, 15) is 9.59 Å². The fraction of sp³-hybridized carbons (Fsp3) is 0.500. The molecule has 1 aromatic heterocycles. The van der Waals surface area contributed by atoms with Crippen molar-refractivity contribution in [1.82, 2.24) is 4.57 Å². The number of fused-ring (bicyclic) bond motifs is 1. The Balaban J connectivity index is 2.47. The molecule has 1 amide bonds. The SMILES string of the molecule is CCCCC(=O)N=c1sc2cc(OCC)ccc2n1CC(=O)OCC. The first-order valence-corrected chi connectivity index (χ1v) is 9.40. The molecule has 0 radical (unpaired) electrons. The maximum absolute atomic E-state index is 12.1. The van der Waals surface area contributed by atoms with Gasteiger partial charge in [-0.1, -0.05) is 24.7 Å². The first kappa shape index (κ1) is 19.2. The fourth-order valence-electron chi connectivity index (χ4n) is 2.37. The predicted octanol–water partition coefficient (Wildman–Crippen LogP) is 3.28. The fourth-order valence-corrected chi connectivity index (χ4v) is 3.45. The number of aromatic nitrogens is 1. The topological polar surface area (TPSA) is 69.9 Å². The summed E-state index contributed by atoms with van der Waals surface area (Å²) in [5.41, 5.74) is 0.837. The number of unbranched alkanes of at least 4 members (excludes halogenated alkanes) is 1. The van der Waals surface area contributed by atoms with E-state index in [1.54, 1.807) is 11.5 Å². The van der Waals surface area contributed by atoms with Crippen molar-refractivity contribution in [3.63, 3.8) is 0 Å². The number of thiazole rings is 1. The lowest BCUT2D eigenvalue weighted by Crippen LogP contribution is -2.23. The van der Waals surface area contributed by atoms with Crippen LogP contribution in [0.25, 0.3) is 10.2 Å². The summed E-state index contributed by atoms with van der Waals surface area (Å²) < 4.78 is 13.2. The molecule has 2 rings (SSSR count). The van der Waals surface area contributed by atoms with Crippen LogP contribution in [0.3, 0.4) is 0 Å². The van der Waals surface area contributed by atoms with Gasteiger partial charge < -0.3 is 14.0 Å². The third-order valence-electron chi connectivity index (χ3n) is 3.52. The van der Waals surface area contributed by atoms with Gasteiger partial charge in [-0.2, -0.15) is 4.99 Å². The number of carbonyl (C=O) groups is 2. The van der Waals surface area contributed by atoms with Crippen molar-refractivity contribution in [3.05, 3.63) is 23.0 Å². The van der Waals surface area contributed by atoms with Gasteiger partial charge in [-0.05, 0) is 38.5 Å². The first-order valence-electron chi connectivity index (χ1n) is 8.58. The largest absolute Gasteiger partial charge is 0.494 e. The van der Waals surface area contributed by atoms with Gasteiger partial charge in [-0.3, -0.25) is 9.59 Å². The Morgan fingerprint density at radius 2 is 2.00 bits per heavy atom. The summed E-state index contributed by atoms with van der Waals surface area (Å²) in [5, 5.41) is 0. The van der Waals surface area contributed by atoms with Gasteiger partial charge in [0, 0.05) is 6.42 Å². The molecule has 0 saturated carbocycles. The average molecular weight is 364 g/mol. The van der Waals surface area contributed by atoms with Crippen LogP contribution in [-0.4, -0.2) is 29.7 Å². The Morgan fingerprint density at radius 3 is 2.68 bits per heavy atom. The number of hydrogen-bond acceptors (Lipinski definition) is 5. The molecule has 7 heteroatoms. The zero-order valence-electron chi connectivity index (χ0n) is 14.9. The highest BCUT2D eigenvalue weighted by Gasteiger charge is 2.13.